The van der Waals surface area contributed by atoms with Crippen LogP contribution in [-0.4, -0.2) is 35.1 Å². The quantitative estimate of drug-likeness (QED) is 0.898. The highest BCUT2D eigenvalue weighted by Gasteiger charge is 2.39. The predicted octanol–water partition coefficient (Wildman–Crippen LogP) is 2.39. The van der Waals surface area contributed by atoms with Gasteiger partial charge in [0, 0.05) is 19.6 Å². The number of rotatable bonds is 3. The van der Waals surface area contributed by atoms with E-state index in [9.17, 15) is 14.7 Å². The van der Waals surface area contributed by atoms with Crippen LogP contribution in [0.2, 0.25) is 0 Å². The van der Waals surface area contributed by atoms with Crippen LogP contribution in [-0.2, 0) is 11.3 Å². The minimum absolute atomic E-state index is 0.191. The van der Waals surface area contributed by atoms with E-state index >= 15 is 0 Å². The summed E-state index contributed by atoms with van der Waals surface area (Å²) in [5.41, 5.74) is 1.36. The molecular weight excluding hydrogens is 268 g/mol. The van der Waals surface area contributed by atoms with Gasteiger partial charge in [-0.2, -0.15) is 0 Å². The van der Waals surface area contributed by atoms with Crippen molar-refractivity contribution in [1.82, 2.24) is 10.2 Å². The first-order chi connectivity index (χ1) is 9.90. The average molecular weight is 290 g/mol. The number of amides is 2. The monoisotopic (exact) mass is 290 g/mol. The van der Waals surface area contributed by atoms with Gasteiger partial charge in [-0.3, -0.25) is 4.79 Å². The fourth-order valence-corrected chi connectivity index (χ4v) is 2.70. The summed E-state index contributed by atoms with van der Waals surface area (Å²) in [4.78, 5) is 25.1. The van der Waals surface area contributed by atoms with Gasteiger partial charge in [-0.1, -0.05) is 29.8 Å². The summed E-state index contributed by atoms with van der Waals surface area (Å²) in [7, 11) is 0. The zero-order valence-corrected chi connectivity index (χ0v) is 12.6. The molecule has 5 heteroatoms. The van der Waals surface area contributed by atoms with Crippen molar-refractivity contribution in [3.63, 3.8) is 0 Å². The highest BCUT2D eigenvalue weighted by atomic mass is 16.4. The van der Waals surface area contributed by atoms with Crippen molar-refractivity contribution in [3.8, 4) is 0 Å². The fourth-order valence-electron chi connectivity index (χ4n) is 2.70. The molecule has 0 aliphatic carbocycles. The van der Waals surface area contributed by atoms with E-state index in [0.29, 0.717) is 19.5 Å². The maximum atomic E-state index is 12.2. The van der Waals surface area contributed by atoms with Crippen LogP contribution in [0.5, 0.6) is 0 Å². The Kier molecular flexibility index (Phi) is 4.50. The van der Waals surface area contributed by atoms with Crippen molar-refractivity contribution in [2.24, 2.45) is 5.41 Å². The van der Waals surface area contributed by atoms with Crippen LogP contribution < -0.4 is 5.32 Å². The lowest BCUT2D eigenvalue weighted by Crippen LogP contribution is -2.51. The summed E-state index contributed by atoms with van der Waals surface area (Å²) >= 11 is 0. The fraction of sp³-hybridized carbons (Fsp3) is 0.500. The number of aliphatic carboxylic acids is 1. The Bertz CT molecular complexity index is 544. The van der Waals surface area contributed by atoms with E-state index in [1.807, 2.05) is 31.2 Å². The molecule has 1 fully saturated rings. The molecule has 0 bridgehead atoms. The molecule has 0 aromatic heterocycles. The second-order valence-electron chi connectivity index (χ2n) is 6.04. The van der Waals surface area contributed by atoms with Gasteiger partial charge in [-0.25, -0.2) is 4.79 Å². The van der Waals surface area contributed by atoms with E-state index in [1.54, 1.807) is 11.8 Å². The van der Waals surface area contributed by atoms with Crippen molar-refractivity contribution in [2.75, 3.05) is 13.1 Å². The first kappa shape index (κ1) is 15.4. The number of carboxylic acids is 1. The van der Waals surface area contributed by atoms with Crippen molar-refractivity contribution < 1.29 is 14.7 Å². The van der Waals surface area contributed by atoms with E-state index in [4.69, 9.17) is 0 Å². The lowest BCUT2D eigenvalue weighted by molar-refractivity contribution is -0.150. The van der Waals surface area contributed by atoms with Gasteiger partial charge in [-0.15, -0.1) is 0 Å². The third kappa shape index (κ3) is 3.74. The summed E-state index contributed by atoms with van der Waals surface area (Å²) < 4.78 is 0. The standard InChI is InChI=1S/C16H22N2O3/c1-12-5-3-6-13(9-12)10-17-15(21)18-8-4-7-16(2,11-18)14(19)20/h3,5-6,9H,4,7-8,10-11H2,1-2H3,(H,17,21)(H,19,20). The van der Waals surface area contributed by atoms with Gasteiger partial charge in [0.15, 0.2) is 0 Å². The normalized spacial score (nSPS) is 21.9. The molecule has 0 radical (unpaired) electrons. The van der Waals surface area contributed by atoms with E-state index < -0.39 is 11.4 Å². The number of piperidine rings is 1. The zero-order chi connectivity index (χ0) is 15.5. The number of benzene rings is 1. The number of carbonyl (C=O) groups excluding carboxylic acids is 1. The maximum Gasteiger partial charge on any atom is 0.317 e. The van der Waals surface area contributed by atoms with Crippen LogP contribution in [0.15, 0.2) is 24.3 Å². The van der Waals surface area contributed by atoms with Crippen LogP contribution in [0.1, 0.15) is 30.9 Å². The Morgan fingerprint density at radius 2 is 2.19 bits per heavy atom. The summed E-state index contributed by atoms with van der Waals surface area (Å²) in [6.45, 7) is 5.05. The number of hydrogen-bond acceptors (Lipinski definition) is 2. The average Bonchev–Trinajstić information content (AvgIpc) is 2.45. The number of carbonyl (C=O) groups is 2. The van der Waals surface area contributed by atoms with Crippen molar-refractivity contribution in [2.45, 2.75) is 33.2 Å². The molecule has 1 saturated heterocycles. The lowest BCUT2D eigenvalue weighted by Gasteiger charge is -2.37. The van der Waals surface area contributed by atoms with Gasteiger partial charge < -0.3 is 15.3 Å². The largest absolute Gasteiger partial charge is 0.481 e. The van der Waals surface area contributed by atoms with E-state index in [-0.39, 0.29) is 12.6 Å². The zero-order valence-electron chi connectivity index (χ0n) is 12.6. The minimum atomic E-state index is -0.835. The van der Waals surface area contributed by atoms with Crippen LogP contribution in [0.25, 0.3) is 0 Å². The number of nitrogens with zero attached hydrogens (tertiary/aromatic N) is 1. The Morgan fingerprint density at radius 1 is 1.43 bits per heavy atom. The molecule has 0 spiro atoms. The summed E-state index contributed by atoms with van der Waals surface area (Å²) in [6, 6.07) is 7.76. The lowest BCUT2D eigenvalue weighted by atomic mass is 9.82. The summed E-state index contributed by atoms with van der Waals surface area (Å²) in [5, 5.41) is 12.1. The predicted molar refractivity (Wildman–Crippen MR) is 80.0 cm³/mol. The highest BCUT2D eigenvalue weighted by Crippen LogP contribution is 2.29. The number of nitrogens with one attached hydrogen (secondary N) is 1. The maximum absolute atomic E-state index is 12.2. The molecule has 1 heterocycles. The number of carboxylic acid groups (broad SMARTS) is 1. The number of likely N-dealkylation sites (tertiary alicyclic amines) is 1. The van der Waals surface area contributed by atoms with Gasteiger partial charge in [0.2, 0.25) is 0 Å². The van der Waals surface area contributed by atoms with Gasteiger partial charge in [0.05, 0.1) is 5.41 Å². The van der Waals surface area contributed by atoms with Gasteiger partial charge in [-0.05, 0) is 32.3 Å². The van der Waals surface area contributed by atoms with Gasteiger partial charge in [0.25, 0.3) is 0 Å². The Hall–Kier alpha value is -2.04. The second kappa shape index (κ2) is 6.16. The molecule has 1 aliphatic rings. The van der Waals surface area contributed by atoms with Gasteiger partial charge >= 0.3 is 12.0 Å². The molecule has 1 aromatic rings. The number of urea groups is 1. The van der Waals surface area contributed by atoms with Crippen molar-refractivity contribution >= 4 is 12.0 Å². The molecule has 1 unspecified atom stereocenters. The first-order valence-electron chi connectivity index (χ1n) is 7.22. The molecule has 2 rings (SSSR count). The van der Waals surface area contributed by atoms with Crippen LogP contribution >= 0.6 is 0 Å². The molecular formula is C16H22N2O3. The topological polar surface area (TPSA) is 69.6 Å². The molecule has 114 valence electrons. The molecule has 0 saturated carbocycles. The Morgan fingerprint density at radius 3 is 2.86 bits per heavy atom. The Balaban J connectivity index is 1.93. The second-order valence-corrected chi connectivity index (χ2v) is 6.04. The molecule has 21 heavy (non-hydrogen) atoms. The molecule has 1 aliphatic heterocycles. The van der Waals surface area contributed by atoms with E-state index in [1.165, 1.54) is 0 Å². The minimum Gasteiger partial charge on any atom is -0.481 e. The van der Waals surface area contributed by atoms with Crippen LogP contribution in [0.4, 0.5) is 4.79 Å². The first-order valence-corrected chi connectivity index (χ1v) is 7.22. The summed E-state index contributed by atoms with van der Waals surface area (Å²) in [6.07, 6.45) is 1.34. The van der Waals surface area contributed by atoms with Crippen LogP contribution in [0, 0.1) is 12.3 Å². The molecule has 2 amide bonds. The molecule has 1 atom stereocenters. The van der Waals surface area contributed by atoms with Crippen molar-refractivity contribution in [1.29, 1.82) is 0 Å². The van der Waals surface area contributed by atoms with E-state index in [0.717, 1.165) is 17.5 Å². The third-order valence-corrected chi connectivity index (χ3v) is 4.03. The van der Waals surface area contributed by atoms with Crippen molar-refractivity contribution in [3.05, 3.63) is 35.4 Å². The van der Waals surface area contributed by atoms with Gasteiger partial charge in [0.1, 0.15) is 0 Å². The molecule has 1 aromatic carbocycles. The molecule has 5 nitrogen and oxygen atoms in total. The molecule has 2 N–H and O–H groups in total. The third-order valence-electron chi connectivity index (χ3n) is 4.03. The smallest absolute Gasteiger partial charge is 0.317 e. The Labute approximate surface area is 125 Å². The van der Waals surface area contributed by atoms with Crippen LogP contribution in [0.3, 0.4) is 0 Å². The highest BCUT2D eigenvalue weighted by molar-refractivity contribution is 5.78. The van der Waals surface area contributed by atoms with E-state index in [2.05, 4.69) is 5.32 Å². The summed E-state index contributed by atoms with van der Waals surface area (Å²) in [5.74, 6) is -0.835. The number of hydrogen-bond donors (Lipinski definition) is 2. The number of aryl methyl sites for hydroxylation is 1. The SMILES string of the molecule is Cc1cccc(CNC(=O)N2CCCC(C)(C(=O)O)C2)c1.